The SMILES string of the molecule is CN(CCc1noc(COc2ccc(Cl)cc2)n1)C(=O)NCC1CCCO1. The van der Waals surface area contributed by atoms with Gasteiger partial charge in [0, 0.05) is 38.2 Å². The number of hydrogen-bond acceptors (Lipinski definition) is 6. The van der Waals surface area contributed by atoms with Gasteiger partial charge in [0.05, 0.1) is 6.10 Å². The number of nitrogens with one attached hydrogen (secondary N) is 1. The Labute approximate surface area is 162 Å². The Morgan fingerprint density at radius 1 is 1.41 bits per heavy atom. The summed E-state index contributed by atoms with van der Waals surface area (Å²) < 4.78 is 16.2. The quantitative estimate of drug-likeness (QED) is 0.740. The summed E-state index contributed by atoms with van der Waals surface area (Å²) >= 11 is 5.83. The third kappa shape index (κ3) is 6.11. The molecule has 0 aliphatic carbocycles. The summed E-state index contributed by atoms with van der Waals surface area (Å²) in [5.74, 6) is 1.58. The van der Waals surface area contributed by atoms with Crippen molar-refractivity contribution in [3.05, 3.63) is 41.0 Å². The maximum absolute atomic E-state index is 12.1. The zero-order valence-corrected chi connectivity index (χ0v) is 15.9. The molecule has 1 aliphatic rings. The largest absolute Gasteiger partial charge is 0.484 e. The summed E-state index contributed by atoms with van der Waals surface area (Å²) in [5, 5.41) is 7.44. The highest BCUT2D eigenvalue weighted by molar-refractivity contribution is 6.30. The highest BCUT2D eigenvalue weighted by Crippen LogP contribution is 2.16. The number of carbonyl (C=O) groups is 1. The van der Waals surface area contributed by atoms with Gasteiger partial charge < -0.3 is 24.2 Å². The van der Waals surface area contributed by atoms with E-state index in [2.05, 4.69) is 15.5 Å². The number of ether oxygens (including phenoxy) is 2. The van der Waals surface area contributed by atoms with Crippen LogP contribution in [0.15, 0.2) is 28.8 Å². The van der Waals surface area contributed by atoms with Gasteiger partial charge >= 0.3 is 6.03 Å². The molecule has 1 fully saturated rings. The maximum Gasteiger partial charge on any atom is 0.317 e. The number of likely N-dealkylation sites (N-methyl/N-ethyl adjacent to an activating group) is 1. The van der Waals surface area contributed by atoms with E-state index >= 15 is 0 Å². The lowest BCUT2D eigenvalue weighted by molar-refractivity contribution is 0.109. The fourth-order valence-corrected chi connectivity index (χ4v) is 2.76. The van der Waals surface area contributed by atoms with Gasteiger partial charge in [-0.25, -0.2) is 4.79 Å². The van der Waals surface area contributed by atoms with Crippen molar-refractivity contribution < 1.29 is 18.8 Å². The van der Waals surface area contributed by atoms with E-state index in [1.807, 2.05) is 0 Å². The molecule has 27 heavy (non-hydrogen) atoms. The molecule has 1 atom stereocenters. The van der Waals surface area contributed by atoms with Crippen LogP contribution in [0.2, 0.25) is 5.02 Å². The first kappa shape index (κ1) is 19.4. The molecule has 1 aliphatic heterocycles. The van der Waals surface area contributed by atoms with Gasteiger partial charge in [-0.1, -0.05) is 16.8 Å². The molecule has 2 heterocycles. The molecule has 2 amide bonds. The van der Waals surface area contributed by atoms with E-state index in [9.17, 15) is 4.79 Å². The number of amides is 2. The monoisotopic (exact) mass is 394 g/mol. The molecule has 8 nitrogen and oxygen atoms in total. The Morgan fingerprint density at radius 3 is 2.96 bits per heavy atom. The van der Waals surface area contributed by atoms with Crippen molar-refractivity contribution in [3.63, 3.8) is 0 Å². The number of halogens is 1. The molecule has 1 aromatic heterocycles. The van der Waals surface area contributed by atoms with Crippen molar-refractivity contribution in [2.24, 2.45) is 0 Å². The molecular weight excluding hydrogens is 372 g/mol. The van der Waals surface area contributed by atoms with Crippen LogP contribution in [0.4, 0.5) is 4.79 Å². The summed E-state index contributed by atoms with van der Waals surface area (Å²) in [6.07, 6.45) is 2.67. The van der Waals surface area contributed by atoms with E-state index in [0.717, 1.165) is 19.4 Å². The number of carbonyl (C=O) groups excluding carboxylic acids is 1. The number of urea groups is 1. The predicted molar refractivity (Wildman–Crippen MR) is 98.8 cm³/mol. The summed E-state index contributed by atoms with van der Waals surface area (Å²) in [5.41, 5.74) is 0. The maximum atomic E-state index is 12.1. The van der Waals surface area contributed by atoms with Crippen LogP contribution >= 0.6 is 11.6 Å². The predicted octanol–water partition coefficient (Wildman–Crippen LogP) is 2.66. The minimum Gasteiger partial charge on any atom is -0.484 e. The van der Waals surface area contributed by atoms with Crippen molar-refractivity contribution >= 4 is 17.6 Å². The average Bonchev–Trinajstić information content (AvgIpc) is 3.35. The fraction of sp³-hybridized carbons (Fsp3) is 0.500. The lowest BCUT2D eigenvalue weighted by Crippen LogP contribution is -2.41. The van der Waals surface area contributed by atoms with E-state index in [1.54, 1.807) is 36.2 Å². The van der Waals surface area contributed by atoms with Crippen LogP contribution < -0.4 is 10.1 Å². The van der Waals surface area contributed by atoms with Crippen molar-refractivity contribution in [1.29, 1.82) is 0 Å². The van der Waals surface area contributed by atoms with Crippen LogP contribution in [0.1, 0.15) is 24.6 Å². The molecule has 0 spiro atoms. The zero-order chi connectivity index (χ0) is 19.1. The third-order valence-corrected chi connectivity index (χ3v) is 4.46. The number of aromatic nitrogens is 2. The van der Waals surface area contributed by atoms with E-state index in [-0.39, 0.29) is 18.7 Å². The first-order valence-corrected chi connectivity index (χ1v) is 9.28. The molecular formula is C18H23ClN4O4. The molecule has 1 saturated heterocycles. The first-order valence-electron chi connectivity index (χ1n) is 8.90. The Kier molecular flexibility index (Phi) is 6.89. The van der Waals surface area contributed by atoms with Crippen LogP contribution in [0.5, 0.6) is 5.75 Å². The second-order valence-corrected chi connectivity index (χ2v) is 6.78. The van der Waals surface area contributed by atoms with Crippen LogP contribution in [-0.4, -0.2) is 53.9 Å². The molecule has 1 aromatic carbocycles. The minimum atomic E-state index is -0.139. The smallest absolute Gasteiger partial charge is 0.317 e. The normalized spacial score (nSPS) is 16.3. The van der Waals surface area contributed by atoms with Gasteiger partial charge in [0.25, 0.3) is 5.89 Å². The molecule has 1 unspecified atom stereocenters. The standard InChI is InChI=1S/C18H23ClN4O4/c1-23(18(24)20-11-15-3-2-10-25-15)9-8-16-21-17(27-22-16)12-26-14-6-4-13(19)5-7-14/h4-7,15H,2-3,8-12H2,1H3,(H,20,24). The molecule has 1 N–H and O–H groups in total. The van der Waals surface area contributed by atoms with Gasteiger partial charge in [0.1, 0.15) is 5.75 Å². The average molecular weight is 395 g/mol. The fourth-order valence-electron chi connectivity index (χ4n) is 2.64. The second-order valence-electron chi connectivity index (χ2n) is 6.34. The summed E-state index contributed by atoms with van der Waals surface area (Å²) in [6, 6.07) is 6.89. The third-order valence-electron chi connectivity index (χ3n) is 4.21. The number of rotatable bonds is 8. The highest BCUT2D eigenvalue weighted by Gasteiger charge is 2.17. The Bertz CT molecular complexity index is 731. The molecule has 9 heteroatoms. The number of nitrogens with zero attached hydrogens (tertiary/aromatic N) is 3. The molecule has 3 rings (SSSR count). The van der Waals surface area contributed by atoms with Gasteiger partial charge in [-0.05, 0) is 37.1 Å². The first-order chi connectivity index (χ1) is 13.1. The van der Waals surface area contributed by atoms with Crippen molar-refractivity contribution in [3.8, 4) is 5.75 Å². The van der Waals surface area contributed by atoms with Crippen LogP contribution in [-0.2, 0) is 17.8 Å². The summed E-state index contributed by atoms with van der Waals surface area (Å²) in [6.45, 7) is 1.97. The summed E-state index contributed by atoms with van der Waals surface area (Å²) in [7, 11) is 1.73. The van der Waals surface area contributed by atoms with Crippen LogP contribution in [0, 0.1) is 0 Å². The zero-order valence-electron chi connectivity index (χ0n) is 15.2. The van der Waals surface area contributed by atoms with Crippen LogP contribution in [0.3, 0.4) is 0 Å². The topological polar surface area (TPSA) is 89.7 Å². The van der Waals surface area contributed by atoms with E-state index in [1.165, 1.54) is 0 Å². The van der Waals surface area contributed by atoms with Crippen molar-refractivity contribution in [2.75, 3.05) is 26.7 Å². The molecule has 146 valence electrons. The van der Waals surface area contributed by atoms with E-state index < -0.39 is 0 Å². The summed E-state index contributed by atoms with van der Waals surface area (Å²) in [4.78, 5) is 17.9. The van der Waals surface area contributed by atoms with Crippen molar-refractivity contribution in [2.45, 2.75) is 32.0 Å². The van der Waals surface area contributed by atoms with Crippen LogP contribution in [0.25, 0.3) is 0 Å². The van der Waals surface area contributed by atoms with E-state index in [4.69, 9.17) is 25.6 Å². The van der Waals surface area contributed by atoms with Crippen molar-refractivity contribution in [1.82, 2.24) is 20.4 Å². The Hall–Kier alpha value is -2.32. The lowest BCUT2D eigenvalue weighted by atomic mass is 10.2. The Balaban J connectivity index is 1.37. The van der Waals surface area contributed by atoms with Gasteiger partial charge in [-0.2, -0.15) is 4.98 Å². The van der Waals surface area contributed by atoms with Gasteiger partial charge in [0.15, 0.2) is 12.4 Å². The molecule has 0 bridgehead atoms. The van der Waals surface area contributed by atoms with Gasteiger partial charge in [-0.3, -0.25) is 0 Å². The number of benzene rings is 1. The lowest BCUT2D eigenvalue weighted by Gasteiger charge is -2.18. The number of hydrogen-bond donors (Lipinski definition) is 1. The van der Waals surface area contributed by atoms with Gasteiger partial charge in [0.2, 0.25) is 0 Å². The molecule has 0 radical (unpaired) electrons. The van der Waals surface area contributed by atoms with E-state index in [0.29, 0.717) is 42.0 Å². The minimum absolute atomic E-state index is 0.128. The molecule has 2 aromatic rings. The second kappa shape index (κ2) is 9.57. The highest BCUT2D eigenvalue weighted by atomic mass is 35.5. The molecule has 0 saturated carbocycles. The Morgan fingerprint density at radius 2 is 2.22 bits per heavy atom. The van der Waals surface area contributed by atoms with Gasteiger partial charge in [-0.15, -0.1) is 0 Å².